The predicted octanol–water partition coefficient (Wildman–Crippen LogP) is 3.45. The third-order valence-electron chi connectivity index (χ3n) is 6.16. The first-order valence-corrected chi connectivity index (χ1v) is 13.1. The Labute approximate surface area is 230 Å². The number of esters is 3. The Hall–Kier alpha value is -2.57. The molecule has 0 amide bonds. The number of nitrogens with zero attached hydrogens (tertiary/aromatic N) is 1. The van der Waals surface area contributed by atoms with Crippen LogP contribution in [-0.4, -0.2) is 70.0 Å². The van der Waals surface area contributed by atoms with Gasteiger partial charge in [0, 0.05) is 0 Å². The van der Waals surface area contributed by atoms with E-state index in [2.05, 4.69) is 15.9 Å². The second-order valence-electron chi connectivity index (χ2n) is 11.2. The Kier molecular flexibility index (Phi) is 8.89. The summed E-state index contributed by atoms with van der Waals surface area (Å²) in [6.07, 6.45) is 2.95. The first-order valence-electron chi connectivity index (χ1n) is 12.3. The number of carbonyl (C=O) groups excluding carboxylic acids is 3. The molecule has 3 atom stereocenters. The Morgan fingerprint density at radius 1 is 0.842 bits per heavy atom. The van der Waals surface area contributed by atoms with Gasteiger partial charge >= 0.3 is 17.9 Å². The third kappa shape index (κ3) is 6.52. The van der Waals surface area contributed by atoms with Crippen molar-refractivity contribution in [3.05, 3.63) is 23.3 Å². The first-order chi connectivity index (χ1) is 17.6. The highest BCUT2D eigenvalue weighted by Crippen LogP contribution is 2.54. The lowest BCUT2D eigenvalue weighted by molar-refractivity contribution is -0.174. The van der Waals surface area contributed by atoms with Gasteiger partial charge in [0.05, 0.1) is 36.3 Å². The highest BCUT2D eigenvalue weighted by Gasteiger charge is 2.42. The number of hydrogen-bond donors (Lipinski definition) is 2. The zero-order chi connectivity index (χ0) is 28.5. The normalized spacial score (nSPS) is 19.7. The standard InChI is InChI=1S/C26H36BrNO10/c1-24(2,3)21(31)36-13-26(6,14-37-22(32)25(4,5)27)23(33)35-12-11-34-10-9-28-19(29)17-15-7-8-16(38-15)18(17)20(28)30/h7-8,15-16,29-30H,9-14H2,1-6H3. The molecule has 1 aromatic heterocycles. The van der Waals surface area contributed by atoms with E-state index >= 15 is 0 Å². The van der Waals surface area contributed by atoms with Gasteiger partial charge in [-0.2, -0.15) is 0 Å². The minimum Gasteiger partial charge on any atom is -0.494 e. The SMILES string of the molecule is CC(C)(C)C(=O)OCC(C)(COC(=O)C(C)(C)Br)C(=O)OCCOCCn1c(O)c2c(c1O)C1C=CC2O1. The molecule has 2 N–H and O–H groups in total. The smallest absolute Gasteiger partial charge is 0.322 e. The van der Waals surface area contributed by atoms with Crippen molar-refractivity contribution in [3.63, 3.8) is 0 Å². The third-order valence-corrected chi connectivity index (χ3v) is 6.48. The van der Waals surface area contributed by atoms with Gasteiger partial charge in [-0.25, -0.2) is 0 Å². The summed E-state index contributed by atoms with van der Waals surface area (Å²) in [6, 6.07) is 0. The van der Waals surface area contributed by atoms with Gasteiger partial charge in [-0.1, -0.05) is 28.1 Å². The Balaban J connectivity index is 1.49. The van der Waals surface area contributed by atoms with Gasteiger partial charge in [-0.15, -0.1) is 0 Å². The average molecular weight is 602 g/mol. The van der Waals surface area contributed by atoms with Crippen LogP contribution in [-0.2, 0) is 44.6 Å². The number of aromatic hydroxyl groups is 2. The Morgan fingerprint density at radius 3 is 1.87 bits per heavy atom. The van der Waals surface area contributed by atoms with E-state index in [-0.39, 0.29) is 63.5 Å². The van der Waals surface area contributed by atoms with E-state index in [1.54, 1.807) is 34.6 Å². The Morgan fingerprint density at radius 2 is 1.37 bits per heavy atom. The molecule has 12 heteroatoms. The first kappa shape index (κ1) is 30.0. The fraction of sp³-hybridized carbons (Fsp3) is 0.654. The predicted molar refractivity (Wildman–Crippen MR) is 138 cm³/mol. The van der Waals surface area contributed by atoms with Crippen LogP contribution in [0.4, 0.5) is 0 Å². The van der Waals surface area contributed by atoms with Crippen LogP contribution in [0.5, 0.6) is 11.8 Å². The van der Waals surface area contributed by atoms with E-state index in [0.29, 0.717) is 11.1 Å². The molecule has 3 heterocycles. The minimum absolute atomic E-state index is 0.0379. The zero-order valence-corrected chi connectivity index (χ0v) is 24.1. The summed E-state index contributed by atoms with van der Waals surface area (Å²) in [4.78, 5) is 37.4. The van der Waals surface area contributed by atoms with Crippen LogP contribution < -0.4 is 0 Å². The molecule has 0 spiro atoms. The molecule has 38 heavy (non-hydrogen) atoms. The van der Waals surface area contributed by atoms with E-state index in [9.17, 15) is 24.6 Å². The average Bonchev–Trinajstić information content (AvgIpc) is 3.51. The molecule has 3 rings (SSSR count). The summed E-state index contributed by atoms with van der Waals surface area (Å²) >= 11 is 3.22. The van der Waals surface area contributed by atoms with Crippen molar-refractivity contribution in [3.8, 4) is 11.8 Å². The van der Waals surface area contributed by atoms with Crippen LogP contribution >= 0.6 is 15.9 Å². The zero-order valence-electron chi connectivity index (χ0n) is 22.5. The van der Waals surface area contributed by atoms with E-state index in [1.165, 1.54) is 11.5 Å². The van der Waals surface area contributed by atoms with E-state index in [1.807, 2.05) is 12.2 Å². The van der Waals surface area contributed by atoms with E-state index in [4.69, 9.17) is 23.7 Å². The van der Waals surface area contributed by atoms with Crippen molar-refractivity contribution in [1.29, 1.82) is 0 Å². The summed E-state index contributed by atoms with van der Waals surface area (Å²) in [5.74, 6) is -1.94. The maximum Gasteiger partial charge on any atom is 0.322 e. The molecule has 2 bridgehead atoms. The summed E-state index contributed by atoms with van der Waals surface area (Å²) in [5, 5.41) is 21.0. The largest absolute Gasteiger partial charge is 0.494 e. The number of halogens is 1. The second-order valence-corrected chi connectivity index (χ2v) is 13.2. The maximum absolute atomic E-state index is 12.9. The molecule has 212 valence electrons. The molecule has 0 aliphatic carbocycles. The van der Waals surface area contributed by atoms with Crippen LogP contribution in [0.15, 0.2) is 12.2 Å². The number of rotatable bonds is 12. The molecule has 0 aromatic carbocycles. The molecular weight excluding hydrogens is 566 g/mol. The van der Waals surface area contributed by atoms with Crippen LogP contribution in [0.1, 0.15) is 64.9 Å². The van der Waals surface area contributed by atoms with Gasteiger partial charge in [0.25, 0.3) is 0 Å². The topological polar surface area (TPSA) is 143 Å². The fourth-order valence-corrected chi connectivity index (χ4v) is 3.92. The monoisotopic (exact) mass is 601 g/mol. The van der Waals surface area contributed by atoms with Crippen molar-refractivity contribution in [2.24, 2.45) is 10.8 Å². The number of ether oxygens (including phenoxy) is 5. The van der Waals surface area contributed by atoms with Crippen LogP contribution in [0.2, 0.25) is 0 Å². The molecule has 0 radical (unpaired) electrons. The summed E-state index contributed by atoms with van der Waals surface area (Å²) in [5.41, 5.74) is -1.08. The van der Waals surface area contributed by atoms with Gasteiger partial charge in [0.2, 0.25) is 11.8 Å². The summed E-state index contributed by atoms with van der Waals surface area (Å²) in [6.45, 7) is 9.32. The summed E-state index contributed by atoms with van der Waals surface area (Å²) in [7, 11) is 0. The molecule has 2 aliphatic heterocycles. The maximum atomic E-state index is 12.9. The number of aromatic nitrogens is 1. The van der Waals surface area contributed by atoms with Crippen molar-refractivity contribution in [1.82, 2.24) is 4.57 Å². The van der Waals surface area contributed by atoms with Crippen molar-refractivity contribution in [2.75, 3.05) is 33.0 Å². The molecule has 2 aliphatic rings. The minimum atomic E-state index is -1.44. The fourth-order valence-electron chi connectivity index (χ4n) is 3.81. The molecule has 0 saturated heterocycles. The van der Waals surface area contributed by atoms with Crippen LogP contribution in [0.3, 0.4) is 0 Å². The molecule has 0 fully saturated rings. The van der Waals surface area contributed by atoms with Gasteiger partial charge in [0.15, 0.2) is 0 Å². The molecule has 1 aromatic rings. The van der Waals surface area contributed by atoms with Crippen molar-refractivity contribution in [2.45, 2.75) is 64.6 Å². The highest BCUT2D eigenvalue weighted by atomic mass is 79.9. The Bertz CT molecular complexity index is 1030. The lowest BCUT2D eigenvalue weighted by Crippen LogP contribution is -2.43. The van der Waals surface area contributed by atoms with Crippen LogP contribution in [0.25, 0.3) is 0 Å². The lowest BCUT2D eigenvalue weighted by atomic mass is 9.92. The quantitative estimate of drug-likeness (QED) is 0.120. The van der Waals surface area contributed by atoms with E-state index < -0.39 is 33.1 Å². The summed E-state index contributed by atoms with van der Waals surface area (Å²) < 4.78 is 27.5. The van der Waals surface area contributed by atoms with E-state index in [0.717, 1.165) is 0 Å². The highest BCUT2D eigenvalue weighted by molar-refractivity contribution is 9.10. The van der Waals surface area contributed by atoms with Gasteiger partial charge in [-0.05, 0) is 41.5 Å². The van der Waals surface area contributed by atoms with Crippen molar-refractivity contribution >= 4 is 33.8 Å². The number of fused-ring (bicyclic) bond motifs is 5. The number of hydrogen-bond acceptors (Lipinski definition) is 10. The lowest BCUT2D eigenvalue weighted by Gasteiger charge is -2.29. The molecule has 3 unspecified atom stereocenters. The van der Waals surface area contributed by atoms with Crippen molar-refractivity contribution < 1.29 is 48.3 Å². The number of carbonyl (C=O) groups is 3. The molecule has 0 saturated carbocycles. The van der Waals surface area contributed by atoms with Gasteiger partial charge in [-0.3, -0.25) is 19.0 Å². The molecule has 11 nitrogen and oxygen atoms in total. The molecular formula is C26H36BrNO10. The van der Waals surface area contributed by atoms with Gasteiger partial charge < -0.3 is 33.9 Å². The van der Waals surface area contributed by atoms with Crippen LogP contribution in [0, 0.1) is 10.8 Å². The number of alkyl halides is 1. The second kappa shape index (κ2) is 11.3. The van der Waals surface area contributed by atoms with Gasteiger partial charge in [0.1, 0.15) is 41.8 Å².